The molecule has 0 saturated carbocycles. The van der Waals surface area contributed by atoms with Crippen LogP contribution in [0.25, 0.3) is 5.76 Å². The van der Waals surface area contributed by atoms with E-state index in [-0.39, 0.29) is 0 Å². The highest BCUT2D eigenvalue weighted by Crippen LogP contribution is 2.12. The minimum Gasteiger partial charge on any atom is -0.490 e. The molecule has 102 valence electrons. The van der Waals surface area contributed by atoms with Crippen molar-refractivity contribution in [1.82, 2.24) is 0 Å². The zero-order valence-corrected chi connectivity index (χ0v) is 11.7. The van der Waals surface area contributed by atoms with E-state index in [1.54, 1.807) is 0 Å². The zero-order valence-electron chi connectivity index (χ0n) is 11.7. The first-order valence-corrected chi connectivity index (χ1v) is 6.92. The molecule has 2 aromatic carbocycles. The molecule has 0 unspecified atom stereocenters. The Morgan fingerprint density at radius 2 is 1.55 bits per heavy atom. The van der Waals surface area contributed by atoms with Gasteiger partial charge >= 0.3 is 0 Å². The molecule has 1 nitrogen and oxygen atoms in total. The van der Waals surface area contributed by atoms with Crippen LogP contribution in [0.5, 0.6) is 0 Å². The van der Waals surface area contributed by atoms with Gasteiger partial charge in [0.05, 0.1) is 0 Å². The highest BCUT2D eigenvalue weighted by molar-refractivity contribution is 5.56. The number of ether oxygens (including phenoxy) is 1. The number of aryl methyl sites for hydroxylation is 1. The fraction of sp³-hybridized carbons (Fsp3) is 0.158. The first-order chi connectivity index (χ1) is 9.86. The van der Waals surface area contributed by atoms with E-state index in [2.05, 4.69) is 43.0 Å². The van der Waals surface area contributed by atoms with E-state index in [1.807, 2.05) is 36.4 Å². The van der Waals surface area contributed by atoms with Crippen molar-refractivity contribution in [1.29, 1.82) is 0 Å². The van der Waals surface area contributed by atoms with Crippen molar-refractivity contribution in [3.63, 3.8) is 0 Å². The van der Waals surface area contributed by atoms with Crippen LogP contribution in [0.3, 0.4) is 0 Å². The first kappa shape index (κ1) is 14.1. The summed E-state index contributed by atoms with van der Waals surface area (Å²) in [5.74, 6) is 0.721. The Hall–Kier alpha value is -2.28. The second-order valence-corrected chi connectivity index (χ2v) is 4.60. The van der Waals surface area contributed by atoms with Crippen LogP contribution in [0.2, 0.25) is 0 Å². The van der Waals surface area contributed by atoms with Crippen LogP contribution in [-0.2, 0) is 11.2 Å². The maximum Gasteiger partial charge on any atom is 0.119 e. The summed E-state index contributed by atoms with van der Waals surface area (Å²) in [4.78, 5) is 0. The van der Waals surface area contributed by atoms with Crippen molar-refractivity contribution in [2.45, 2.75) is 12.8 Å². The van der Waals surface area contributed by atoms with Gasteiger partial charge in [-0.05, 0) is 18.4 Å². The number of benzene rings is 2. The van der Waals surface area contributed by atoms with E-state index in [0.29, 0.717) is 6.61 Å². The van der Waals surface area contributed by atoms with E-state index < -0.39 is 0 Å². The van der Waals surface area contributed by atoms with Gasteiger partial charge in [-0.1, -0.05) is 79.4 Å². The molecule has 0 N–H and O–H groups in total. The summed E-state index contributed by atoms with van der Waals surface area (Å²) in [6.45, 7) is 4.51. The summed E-state index contributed by atoms with van der Waals surface area (Å²) >= 11 is 0. The Bertz CT molecular complexity index is 540. The van der Waals surface area contributed by atoms with Crippen molar-refractivity contribution in [2.75, 3.05) is 6.61 Å². The quantitative estimate of drug-likeness (QED) is 0.512. The Morgan fingerprint density at radius 1 is 0.900 bits per heavy atom. The normalized spacial score (nSPS) is 10.6. The standard InChI is InChI=1S/C19H20O/c1-17(19-14-8-3-9-15-19)20-16-10-4-7-13-18-11-5-2-6-12-18/h2-6,8-12,14-15H,1,7,13,16H2/b10-4+. The van der Waals surface area contributed by atoms with Gasteiger partial charge in [0.1, 0.15) is 12.4 Å². The topological polar surface area (TPSA) is 9.23 Å². The lowest BCUT2D eigenvalue weighted by molar-refractivity contribution is 0.320. The van der Waals surface area contributed by atoms with Gasteiger partial charge in [0.15, 0.2) is 0 Å². The SMILES string of the molecule is C=C(OC/C=C/CCc1ccccc1)c1ccccc1. The molecule has 0 saturated heterocycles. The Kier molecular flexibility index (Phi) is 5.66. The smallest absolute Gasteiger partial charge is 0.119 e. The predicted octanol–water partition coefficient (Wildman–Crippen LogP) is 4.86. The zero-order chi connectivity index (χ0) is 14.0. The van der Waals surface area contributed by atoms with Crippen molar-refractivity contribution in [3.8, 4) is 0 Å². The van der Waals surface area contributed by atoms with Crippen molar-refractivity contribution < 1.29 is 4.74 Å². The molecule has 0 aliphatic rings. The third-order valence-corrected chi connectivity index (χ3v) is 3.06. The lowest BCUT2D eigenvalue weighted by atomic mass is 10.1. The fourth-order valence-corrected chi connectivity index (χ4v) is 1.94. The molecule has 0 atom stereocenters. The Balaban J connectivity index is 1.66. The van der Waals surface area contributed by atoms with E-state index >= 15 is 0 Å². The van der Waals surface area contributed by atoms with Crippen LogP contribution >= 0.6 is 0 Å². The summed E-state index contributed by atoms with van der Waals surface area (Å²) in [7, 11) is 0. The van der Waals surface area contributed by atoms with Gasteiger partial charge in [-0.15, -0.1) is 0 Å². The predicted molar refractivity (Wildman–Crippen MR) is 85.3 cm³/mol. The summed E-state index contributed by atoms with van der Waals surface area (Å²) in [5, 5.41) is 0. The molecule has 0 amide bonds. The van der Waals surface area contributed by atoms with Gasteiger partial charge in [0.2, 0.25) is 0 Å². The first-order valence-electron chi connectivity index (χ1n) is 6.92. The number of rotatable bonds is 7. The highest BCUT2D eigenvalue weighted by atomic mass is 16.5. The molecule has 0 aliphatic heterocycles. The average molecular weight is 264 g/mol. The molecule has 2 rings (SSSR count). The lowest BCUT2D eigenvalue weighted by Gasteiger charge is -2.06. The second-order valence-electron chi connectivity index (χ2n) is 4.60. The molecule has 0 aliphatic carbocycles. The van der Waals surface area contributed by atoms with E-state index in [4.69, 9.17) is 4.74 Å². The van der Waals surface area contributed by atoms with E-state index in [0.717, 1.165) is 24.2 Å². The van der Waals surface area contributed by atoms with Crippen LogP contribution in [-0.4, -0.2) is 6.61 Å². The van der Waals surface area contributed by atoms with Gasteiger partial charge in [0.25, 0.3) is 0 Å². The molecular weight excluding hydrogens is 244 g/mol. The largest absolute Gasteiger partial charge is 0.490 e. The van der Waals surface area contributed by atoms with Crippen LogP contribution in [0.15, 0.2) is 79.4 Å². The third kappa shape index (κ3) is 4.77. The molecule has 20 heavy (non-hydrogen) atoms. The lowest BCUT2D eigenvalue weighted by Crippen LogP contribution is -1.90. The van der Waals surface area contributed by atoms with Crippen molar-refractivity contribution >= 4 is 5.76 Å². The van der Waals surface area contributed by atoms with E-state index in [9.17, 15) is 0 Å². The van der Waals surface area contributed by atoms with Crippen molar-refractivity contribution in [2.24, 2.45) is 0 Å². The van der Waals surface area contributed by atoms with Gasteiger partial charge in [-0.2, -0.15) is 0 Å². The van der Waals surface area contributed by atoms with Gasteiger partial charge in [-0.3, -0.25) is 0 Å². The minimum absolute atomic E-state index is 0.572. The van der Waals surface area contributed by atoms with Gasteiger partial charge in [-0.25, -0.2) is 0 Å². The summed E-state index contributed by atoms with van der Waals surface area (Å²) in [6, 6.07) is 20.5. The summed E-state index contributed by atoms with van der Waals surface area (Å²) < 4.78 is 5.60. The molecule has 0 radical (unpaired) electrons. The molecule has 1 heteroatoms. The van der Waals surface area contributed by atoms with E-state index in [1.165, 1.54) is 5.56 Å². The minimum atomic E-state index is 0.572. The molecule has 0 aromatic heterocycles. The molecule has 2 aromatic rings. The van der Waals surface area contributed by atoms with Crippen LogP contribution in [0.1, 0.15) is 17.5 Å². The molecule has 0 spiro atoms. The van der Waals surface area contributed by atoms with Crippen LogP contribution in [0, 0.1) is 0 Å². The maximum atomic E-state index is 5.60. The highest BCUT2D eigenvalue weighted by Gasteiger charge is 1.96. The molecule has 0 bridgehead atoms. The van der Waals surface area contributed by atoms with Crippen LogP contribution in [0.4, 0.5) is 0 Å². The second kappa shape index (κ2) is 8.00. The van der Waals surface area contributed by atoms with Crippen LogP contribution < -0.4 is 0 Å². The maximum absolute atomic E-state index is 5.60. The van der Waals surface area contributed by atoms with Gasteiger partial charge in [0, 0.05) is 5.56 Å². The number of allylic oxidation sites excluding steroid dienone is 1. The summed E-state index contributed by atoms with van der Waals surface area (Å²) in [5.41, 5.74) is 2.40. The number of hydrogen-bond donors (Lipinski definition) is 0. The van der Waals surface area contributed by atoms with Gasteiger partial charge < -0.3 is 4.74 Å². The van der Waals surface area contributed by atoms with Crippen molar-refractivity contribution in [3.05, 3.63) is 90.5 Å². The Labute approximate surface area is 121 Å². The molecule has 0 heterocycles. The molecule has 0 fully saturated rings. The number of hydrogen-bond acceptors (Lipinski definition) is 1. The Morgan fingerprint density at radius 3 is 2.25 bits per heavy atom. The molecular formula is C19H20O. The fourth-order valence-electron chi connectivity index (χ4n) is 1.94. The summed E-state index contributed by atoms with van der Waals surface area (Å²) in [6.07, 6.45) is 6.31. The average Bonchev–Trinajstić information content (AvgIpc) is 2.52. The monoisotopic (exact) mass is 264 g/mol. The third-order valence-electron chi connectivity index (χ3n) is 3.06.